The molecule has 3 N–H and O–H groups in total. The number of aliphatic hydroxyl groups is 1. The molecule has 180 valence electrons. The van der Waals surface area contributed by atoms with Gasteiger partial charge in [-0.15, -0.1) is 0 Å². The largest absolute Gasteiger partial charge is 0.438 e. The lowest BCUT2D eigenvalue weighted by atomic mass is 9.87. The van der Waals surface area contributed by atoms with Crippen molar-refractivity contribution in [1.82, 2.24) is 15.6 Å². The smallest absolute Gasteiger partial charge is 0.315 e. The van der Waals surface area contributed by atoms with E-state index in [1.807, 2.05) is 0 Å². The third kappa shape index (κ3) is 9.53. The summed E-state index contributed by atoms with van der Waals surface area (Å²) in [4.78, 5) is 26.4. The summed E-state index contributed by atoms with van der Waals surface area (Å²) in [5, 5.41) is 14.3. The minimum absolute atomic E-state index is 0.00416. The van der Waals surface area contributed by atoms with Crippen LogP contribution in [0.3, 0.4) is 0 Å². The van der Waals surface area contributed by atoms with Gasteiger partial charge in [0.25, 0.3) is 0 Å². The Bertz CT molecular complexity index is 901. The van der Waals surface area contributed by atoms with Crippen LogP contribution in [0, 0.1) is 17.6 Å². The fraction of sp³-hybridized carbons (Fsp3) is 0.458. The molecular weight excluding hydrogens is 432 g/mol. The Morgan fingerprint density at radius 3 is 2.39 bits per heavy atom. The average Bonchev–Trinajstić information content (AvgIpc) is 2.78. The predicted molar refractivity (Wildman–Crippen MR) is 120 cm³/mol. The second-order valence-corrected chi connectivity index (χ2v) is 8.05. The number of ketones is 1. The molecule has 0 unspecified atom stereocenters. The van der Waals surface area contributed by atoms with E-state index < -0.39 is 11.6 Å². The molecule has 0 saturated heterocycles. The number of rotatable bonds is 7. The SMILES string of the molecule is CC(=O)c1cc(F)cnc1Oc1ccc(F)cc1.CC1CCC(NC(=O)NCCCO)CC1. The minimum atomic E-state index is -0.619. The van der Waals surface area contributed by atoms with E-state index in [9.17, 15) is 18.4 Å². The van der Waals surface area contributed by atoms with Crippen molar-refractivity contribution in [2.45, 2.75) is 52.0 Å². The normalized spacial score (nSPS) is 17.4. The lowest BCUT2D eigenvalue weighted by Gasteiger charge is -2.26. The maximum absolute atomic E-state index is 13.0. The van der Waals surface area contributed by atoms with Gasteiger partial charge < -0.3 is 20.5 Å². The van der Waals surface area contributed by atoms with Gasteiger partial charge in [0.1, 0.15) is 17.4 Å². The summed E-state index contributed by atoms with van der Waals surface area (Å²) < 4.78 is 31.0. The number of hydrogen-bond acceptors (Lipinski definition) is 5. The van der Waals surface area contributed by atoms with Crippen LogP contribution in [0.15, 0.2) is 36.5 Å². The lowest BCUT2D eigenvalue weighted by Crippen LogP contribution is -2.43. The highest BCUT2D eigenvalue weighted by atomic mass is 19.1. The van der Waals surface area contributed by atoms with Crippen molar-refractivity contribution >= 4 is 11.8 Å². The third-order valence-corrected chi connectivity index (χ3v) is 5.20. The van der Waals surface area contributed by atoms with E-state index >= 15 is 0 Å². The van der Waals surface area contributed by atoms with Crippen molar-refractivity contribution in [3.63, 3.8) is 0 Å². The van der Waals surface area contributed by atoms with Gasteiger partial charge in [-0.2, -0.15) is 0 Å². The van der Waals surface area contributed by atoms with Crippen molar-refractivity contribution in [2.24, 2.45) is 5.92 Å². The Morgan fingerprint density at radius 2 is 1.79 bits per heavy atom. The second kappa shape index (κ2) is 13.5. The molecule has 3 rings (SSSR count). The number of nitrogens with one attached hydrogen (secondary N) is 2. The number of urea groups is 1. The molecule has 0 radical (unpaired) electrons. The number of ether oxygens (including phenoxy) is 1. The van der Waals surface area contributed by atoms with Gasteiger partial charge in [0.15, 0.2) is 5.78 Å². The van der Waals surface area contributed by atoms with E-state index in [4.69, 9.17) is 9.84 Å². The number of Topliss-reactive ketones (excluding diaryl/α,β-unsaturated/α-hetero) is 1. The molecule has 0 spiro atoms. The van der Waals surface area contributed by atoms with Gasteiger partial charge >= 0.3 is 6.03 Å². The summed E-state index contributed by atoms with van der Waals surface area (Å²) in [6.45, 7) is 4.22. The Hall–Kier alpha value is -3.07. The van der Waals surface area contributed by atoms with Crippen LogP contribution >= 0.6 is 0 Å². The number of aliphatic hydroxyl groups excluding tert-OH is 1. The highest BCUT2D eigenvalue weighted by Gasteiger charge is 2.19. The number of benzene rings is 1. The predicted octanol–water partition coefficient (Wildman–Crippen LogP) is 4.60. The molecule has 1 aliphatic rings. The number of nitrogens with zero attached hydrogens (tertiary/aromatic N) is 1. The van der Waals surface area contributed by atoms with Crippen LogP contribution in [-0.2, 0) is 0 Å². The number of aromatic nitrogens is 1. The fourth-order valence-electron chi connectivity index (χ4n) is 3.30. The molecular formula is C24H31F2N3O4. The summed E-state index contributed by atoms with van der Waals surface area (Å²) in [5.41, 5.74) is 0.0410. The molecule has 1 aromatic carbocycles. The quantitative estimate of drug-likeness (QED) is 0.412. The first-order chi connectivity index (χ1) is 15.8. The Balaban J connectivity index is 0.000000238. The van der Waals surface area contributed by atoms with Crippen molar-refractivity contribution in [3.8, 4) is 11.6 Å². The van der Waals surface area contributed by atoms with Gasteiger partial charge in [0.05, 0.1) is 11.8 Å². The molecule has 1 aliphatic carbocycles. The molecule has 1 heterocycles. The zero-order chi connectivity index (χ0) is 24.2. The highest BCUT2D eigenvalue weighted by molar-refractivity contribution is 5.96. The maximum atomic E-state index is 13.0. The van der Waals surface area contributed by atoms with Crippen LogP contribution in [0.4, 0.5) is 13.6 Å². The molecule has 1 aromatic heterocycles. The molecule has 1 fully saturated rings. The zero-order valence-electron chi connectivity index (χ0n) is 18.9. The van der Waals surface area contributed by atoms with E-state index in [1.165, 1.54) is 44.0 Å². The van der Waals surface area contributed by atoms with Gasteiger partial charge in [-0.25, -0.2) is 18.6 Å². The Kier molecular flexibility index (Phi) is 10.7. The maximum Gasteiger partial charge on any atom is 0.315 e. The summed E-state index contributed by atoms with van der Waals surface area (Å²) >= 11 is 0. The first kappa shape index (κ1) is 26.2. The topological polar surface area (TPSA) is 101 Å². The first-order valence-electron chi connectivity index (χ1n) is 11.0. The number of halogens is 2. The fourth-order valence-corrected chi connectivity index (χ4v) is 3.30. The van der Waals surface area contributed by atoms with Gasteiger partial charge in [-0.3, -0.25) is 4.79 Å². The van der Waals surface area contributed by atoms with Crippen molar-refractivity contribution in [3.05, 3.63) is 53.7 Å². The molecule has 9 heteroatoms. The molecule has 2 aromatic rings. The third-order valence-electron chi connectivity index (χ3n) is 5.20. The second-order valence-electron chi connectivity index (χ2n) is 8.05. The molecule has 7 nitrogen and oxygen atoms in total. The van der Waals surface area contributed by atoms with Crippen LogP contribution in [0.25, 0.3) is 0 Å². The average molecular weight is 464 g/mol. The molecule has 0 aliphatic heterocycles. The van der Waals surface area contributed by atoms with E-state index in [2.05, 4.69) is 22.5 Å². The van der Waals surface area contributed by atoms with Gasteiger partial charge in [-0.1, -0.05) is 6.92 Å². The summed E-state index contributed by atoms with van der Waals surface area (Å²) in [6.07, 6.45) is 6.17. The molecule has 33 heavy (non-hydrogen) atoms. The van der Waals surface area contributed by atoms with Gasteiger partial charge in [0.2, 0.25) is 5.88 Å². The van der Waals surface area contributed by atoms with Crippen molar-refractivity contribution < 1.29 is 28.2 Å². The van der Waals surface area contributed by atoms with E-state index in [0.29, 0.717) is 24.8 Å². The van der Waals surface area contributed by atoms with E-state index in [0.717, 1.165) is 31.0 Å². The van der Waals surface area contributed by atoms with Crippen LogP contribution in [0.5, 0.6) is 11.6 Å². The lowest BCUT2D eigenvalue weighted by molar-refractivity contribution is 0.101. The van der Waals surface area contributed by atoms with E-state index in [-0.39, 0.29) is 29.9 Å². The summed E-state index contributed by atoms with van der Waals surface area (Å²) in [5.74, 6) is -0.263. The van der Waals surface area contributed by atoms with E-state index in [1.54, 1.807) is 0 Å². The van der Waals surface area contributed by atoms with Crippen LogP contribution in [0.1, 0.15) is 56.3 Å². The Morgan fingerprint density at radius 1 is 1.12 bits per heavy atom. The molecule has 0 atom stereocenters. The monoisotopic (exact) mass is 463 g/mol. The van der Waals surface area contributed by atoms with Gasteiger partial charge in [-0.05, 0) is 75.3 Å². The van der Waals surface area contributed by atoms with Crippen LogP contribution in [0.2, 0.25) is 0 Å². The highest BCUT2D eigenvalue weighted by Crippen LogP contribution is 2.24. The standard InChI is InChI=1S/C13H9F2NO2.C11H22N2O2/c1-8(17)12-6-10(15)7-16-13(12)18-11-4-2-9(14)3-5-11;1-9-3-5-10(6-4-9)13-11(15)12-7-2-8-14/h2-7H,1H3;9-10,14H,2-8H2,1H3,(H2,12,13,15). The van der Waals surface area contributed by atoms with Crippen molar-refractivity contribution in [1.29, 1.82) is 0 Å². The Labute approximate surface area is 192 Å². The summed E-state index contributed by atoms with van der Waals surface area (Å²) in [7, 11) is 0. The number of carbonyl (C=O) groups excluding carboxylic acids is 2. The number of carbonyl (C=O) groups is 2. The van der Waals surface area contributed by atoms with Crippen LogP contribution < -0.4 is 15.4 Å². The van der Waals surface area contributed by atoms with Crippen molar-refractivity contribution in [2.75, 3.05) is 13.2 Å². The molecule has 1 saturated carbocycles. The molecule has 2 amide bonds. The number of pyridine rings is 1. The summed E-state index contributed by atoms with van der Waals surface area (Å²) in [6, 6.07) is 6.51. The zero-order valence-corrected chi connectivity index (χ0v) is 18.9. The first-order valence-corrected chi connectivity index (χ1v) is 11.0. The van der Waals surface area contributed by atoms with Gasteiger partial charge in [0, 0.05) is 19.2 Å². The number of amides is 2. The minimum Gasteiger partial charge on any atom is -0.438 e. The number of hydrogen-bond donors (Lipinski definition) is 3. The van der Waals surface area contributed by atoms with Crippen LogP contribution in [-0.4, -0.2) is 41.1 Å². The molecule has 0 bridgehead atoms.